The Kier molecular flexibility index (Phi) is 4.68. The molecule has 0 bridgehead atoms. The predicted octanol–water partition coefficient (Wildman–Crippen LogP) is 4.55. The summed E-state index contributed by atoms with van der Waals surface area (Å²) < 4.78 is 25.1. The number of rotatable bonds is 5. The molecule has 0 unspecified atom stereocenters. The summed E-state index contributed by atoms with van der Waals surface area (Å²) >= 11 is 0. The summed E-state index contributed by atoms with van der Waals surface area (Å²) in [6.07, 6.45) is 0.714. The van der Waals surface area contributed by atoms with Crippen LogP contribution in [-0.4, -0.2) is 6.10 Å². The van der Waals surface area contributed by atoms with Gasteiger partial charge in [0.1, 0.15) is 5.75 Å². The van der Waals surface area contributed by atoms with Crippen molar-refractivity contribution in [2.75, 3.05) is 5.73 Å². The average Bonchev–Trinajstić information content (AvgIpc) is 2.44. The van der Waals surface area contributed by atoms with Crippen LogP contribution >= 0.6 is 0 Å². The van der Waals surface area contributed by atoms with E-state index in [0.29, 0.717) is 11.5 Å². The summed E-state index contributed by atoms with van der Waals surface area (Å²) in [5, 5.41) is 0. The van der Waals surface area contributed by atoms with Gasteiger partial charge in [0.25, 0.3) is 0 Å². The van der Waals surface area contributed by atoms with E-state index in [2.05, 4.69) is 0 Å². The van der Waals surface area contributed by atoms with Crippen LogP contribution in [0, 0.1) is 5.82 Å². The van der Waals surface area contributed by atoms with Crippen LogP contribution in [0.3, 0.4) is 0 Å². The Labute approximate surface area is 124 Å². The Bertz CT molecular complexity index is 626. The number of nitrogens with two attached hydrogens (primary N) is 1. The lowest BCUT2D eigenvalue weighted by Gasteiger charge is -2.15. The molecule has 0 amide bonds. The van der Waals surface area contributed by atoms with Crippen molar-refractivity contribution in [2.45, 2.75) is 33.3 Å². The molecule has 0 aliphatic rings. The highest BCUT2D eigenvalue weighted by Crippen LogP contribution is 2.35. The molecule has 0 fully saturated rings. The van der Waals surface area contributed by atoms with E-state index < -0.39 is 5.82 Å². The molecule has 4 heteroatoms. The van der Waals surface area contributed by atoms with Crippen LogP contribution in [0.1, 0.15) is 26.3 Å². The van der Waals surface area contributed by atoms with Gasteiger partial charge in [-0.15, -0.1) is 0 Å². The quantitative estimate of drug-likeness (QED) is 0.821. The number of benzene rings is 2. The summed E-state index contributed by atoms with van der Waals surface area (Å²) in [5.41, 5.74) is 7.15. The molecule has 0 aliphatic carbocycles. The molecule has 2 aromatic rings. The molecular weight excluding hydrogens is 269 g/mol. The van der Waals surface area contributed by atoms with Gasteiger partial charge in [0.05, 0.1) is 11.8 Å². The summed E-state index contributed by atoms with van der Waals surface area (Å²) in [5.74, 6) is 0.766. The third-order valence-electron chi connectivity index (χ3n) is 3.00. The van der Waals surface area contributed by atoms with Crippen molar-refractivity contribution in [2.24, 2.45) is 0 Å². The van der Waals surface area contributed by atoms with E-state index in [4.69, 9.17) is 15.2 Å². The Morgan fingerprint density at radius 1 is 1.10 bits per heavy atom. The largest absolute Gasteiger partial charge is 0.488 e. The molecule has 3 nitrogen and oxygen atoms in total. The zero-order valence-electron chi connectivity index (χ0n) is 12.5. The summed E-state index contributed by atoms with van der Waals surface area (Å²) in [6, 6.07) is 10.4. The molecule has 2 aromatic carbocycles. The third kappa shape index (κ3) is 3.66. The number of anilines is 1. The van der Waals surface area contributed by atoms with Gasteiger partial charge >= 0.3 is 0 Å². The van der Waals surface area contributed by atoms with Gasteiger partial charge in [-0.3, -0.25) is 0 Å². The molecule has 0 saturated carbocycles. The van der Waals surface area contributed by atoms with E-state index in [1.54, 1.807) is 0 Å². The maximum atomic E-state index is 13.8. The SMILES string of the molecule is CCc1ccccc1Oc1cc(OC(C)C)c(F)cc1N. The van der Waals surface area contributed by atoms with Crippen molar-refractivity contribution >= 4 is 5.69 Å². The molecule has 0 heterocycles. The maximum absolute atomic E-state index is 13.8. The van der Waals surface area contributed by atoms with Crippen LogP contribution in [0.4, 0.5) is 10.1 Å². The fraction of sp³-hybridized carbons (Fsp3) is 0.294. The van der Waals surface area contributed by atoms with Crippen molar-refractivity contribution in [3.63, 3.8) is 0 Å². The first-order valence-corrected chi connectivity index (χ1v) is 7.02. The first-order chi connectivity index (χ1) is 10.0. The highest BCUT2D eigenvalue weighted by molar-refractivity contribution is 5.58. The first-order valence-electron chi connectivity index (χ1n) is 7.02. The minimum absolute atomic E-state index is 0.126. The van der Waals surface area contributed by atoms with Crippen molar-refractivity contribution in [1.82, 2.24) is 0 Å². The molecule has 0 aromatic heterocycles. The standard InChI is InChI=1S/C17H20FNO2/c1-4-12-7-5-6-8-15(12)21-17-10-16(20-11(2)3)13(18)9-14(17)19/h5-11H,4,19H2,1-3H3. The van der Waals surface area contributed by atoms with Crippen molar-refractivity contribution in [3.05, 3.63) is 47.8 Å². The number of nitrogen functional groups attached to an aromatic ring is 1. The molecule has 0 radical (unpaired) electrons. The minimum atomic E-state index is -0.489. The van der Waals surface area contributed by atoms with Crippen LogP contribution in [0.15, 0.2) is 36.4 Å². The van der Waals surface area contributed by atoms with Crippen LogP contribution < -0.4 is 15.2 Å². The molecule has 112 valence electrons. The third-order valence-corrected chi connectivity index (χ3v) is 3.00. The summed E-state index contributed by atoms with van der Waals surface area (Å²) in [4.78, 5) is 0. The van der Waals surface area contributed by atoms with Gasteiger partial charge in [0.15, 0.2) is 17.3 Å². The molecule has 0 atom stereocenters. The van der Waals surface area contributed by atoms with E-state index >= 15 is 0 Å². The number of ether oxygens (including phenoxy) is 2. The lowest BCUT2D eigenvalue weighted by atomic mass is 10.1. The van der Waals surface area contributed by atoms with Crippen molar-refractivity contribution < 1.29 is 13.9 Å². The average molecular weight is 289 g/mol. The molecule has 0 spiro atoms. The van der Waals surface area contributed by atoms with E-state index in [1.807, 2.05) is 45.0 Å². The lowest BCUT2D eigenvalue weighted by Crippen LogP contribution is -2.07. The van der Waals surface area contributed by atoms with Crippen LogP contribution in [-0.2, 0) is 6.42 Å². The topological polar surface area (TPSA) is 44.5 Å². The second-order valence-corrected chi connectivity index (χ2v) is 5.05. The van der Waals surface area contributed by atoms with E-state index in [0.717, 1.165) is 12.0 Å². The fourth-order valence-corrected chi connectivity index (χ4v) is 2.00. The Balaban J connectivity index is 2.35. The lowest BCUT2D eigenvalue weighted by molar-refractivity contribution is 0.230. The Morgan fingerprint density at radius 3 is 2.48 bits per heavy atom. The van der Waals surface area contributed by atoms with Crippen LogP contribution in [0.25, 0.3) is 0 Å². The normalized spacial score (nSPS) is 10.7. The highest BCUT2D eigenvalue weighted by atomic mass is 19.1. The molecule has 2 N–H and O–H groups in total. The van der Waals surface area contributed by atoms with E-state index in [-0.39, 0.29) is 17.5 Å². The van der Waals surface area contributed by atoms with Crippen LogP contribution in [0.2, 0.25) is 0 Å². The minimum Gasteiger partial charge on any atom is -0.488 e. The van der Waals surface area contributed by atoms with Gasteiger partial charge in [0.2, 0.25) is 0 Å². The van der Waals surface area contributed by atoms with E-state index in [9.17, 15) is 4.39 Å². The zero-order valence-corrected chi connectivity index (χ0v) is 12.5. The van der Waals surface area contributed by atoms with Gasteiger partial charge in [-0.25, -0.2) is 4.39 Å². The Hall–Kier alpha value is -2.23. The van der Waals surface area contributed by atoms with Crippen molar-refractivity contribution in [1.29, 1.82) is 0 Å². The number of aryl methyl sites for hydroxylation is 1. The molecule has 0 saturated heterocycles. The molecule has 0 aliphatic heterocycles. The molecule has 21 heavy (non-hydrogen) atoms. The predicted molar refractivity (Wildman–Crippen MR) is 82.5 cm³/mol. The summed E-state index contributed by atoms with van der Waals surface area (Å²) in [7, 11) is 0. The number of hydrogen-bond acceptors (Lipinski definition) is 3. The second-order valence-electron chi connectivity index (χ2n) is 5.05. The monoisotopic (exact) mass is 289 g/mol. The van der Waals surface area contributed by atoms with E-state index in [1.165, 1.54) is 12.1 Å². The van der Waals surface area contributed by atoms with Gasteiger partial charge in [-0.05, 0) is 31.9 Å². The number of hydrogen-bond donors (Lipinski definition) is 1. The highest BCUT2D eigenvalue weighted by Gasteiger charge is 2.13. The Morgan fingerprint density at radius 2 is 1.81 bits per heavy atom. The number of para-hydroxylation sites is 1. The van der Waals surface area contributed by atoms with Gasteiger partial charge < -0.3 is 15.2 Å². The second kappa shape index (κ2) is 6.48. The smallest absolute Gasteiger partial charge is 0.167 e. The maximum Gasteiger partial charge on any atom is 0.167 e. The van der Waals surface area contributed by atoms with Gasteiger partial charge in [-0.2, -0.15) is 0 Å². The number of halogens is 1. The summed E-state index contributed by atoms with van der Waals surface area (Å²) in [6.45, 7) is 5.72. The van der Waals surface area contributed by atoms with Gasteiger partial charge in [-0.1, -0.05) is 25.1 Å². The van der Waals surface area contributed by atoms with Crippen LogP contribution in [0.5, 0.6) is 17.2 Å². The molecule has 2 rings (SSSR count). The first kappa shape index (κ1) is 15.2. The van der Waals surface area contributed by atoms with Crippen molar-refractivity contribution in [3.8, 4) is 17.2 Å². The fourth-order valence-electron chi connectivity index (χ4n) is 2.00. The zero-order chi connectivity index (χ0) is 15.4. The van der Waals surface area contributed by atoms with Gasteiger partial charge in [0, 0.05) is 12.1 Å². The molecular formula is C17H20FNO2.